The summed E-state index contributed by atoms with van der Waals surface area (Å²) in [5.74, 6) is 0.786. The summed E-state index contributed by atoms with van der Waals surface area (Å²) in [6.07, 6.45) is 0. The number of carbonyl (C=O) groups is 1. The minimum absolute atomic E-state index is 0.0175. The van der Waals surface area contributed by atoms with Crippen molar-refractivity contribution in [3.05, 3.63) is 60.2 Å². The van der Waals surface area contributed by atoms with Crippen LogP contribution in [0.1, 0.15) is 17.3 Å². The van der Waals surface area contributed by atoms with Crippen molar-refractivity contribution in [3.8, 4) is 5.75 Å². The summed E-state index contributed by atoms with van der Waals surface area (Å²) in [7, 11) is 0. The minimum atomic E-state index is 0.0175. The molecule has 1 heterocycles. The quantitative estimate of drug-likeness (QED) is 0.781. The monoisotopic (exact) mass is 253 g/mol. The predicted molar refractivity (Wildman–Crippen MR) is 74.7 cm³/mol. The van der Waals surface area contributed by atoms with Gasteiger partial charge in [-0.1, -0.05) is 30.3 Å². The molecule has 1 amide bonds. The predicted octanol–water partition coefficient (Wildman–Crippen LogP) is 3.11. The third kappa shape index (κ3) is 2.08. The number of hydrogen-bond donors (Lipinski definition) is 0. The summed E-state index contributed by atoms with van der Waals surface area (Å²) < 4.78 is 5.66. The second-order valence-electron chi connectivity index (χ2n) is 4.67. The van der Waals surface area contributed by atoms with Gasteiger partial charge in [0.05, 0.1) is 11.7 Å². The average Bonchev–Trinajstić information content (AvgIpc) is 2.47. The molecule has 0 aromatic heterocycles. The number of rotatable bonds is 1. The van der Waals surface area contributed by atoms with E-state index in [4.69, 9.17) is 4.74 Å². The van der Waals surface area contributed by atoms with E-state index >= 15 is 0 Å². The number of nitrogens with zero attached hydrogens (tertiary/aromatic N) is 1. The Balaban J connectivity index is 2.02. The molecule has 2 aromatic rings. The fourth-order valence-corrected chi connectivity index (χ4v) is 2.33. The molecule has 1 aliphatic rings. The van der Waals surface area contributed by atoms with E-state index in [1.807, 2.05) is 66.4 Å². The molecule has 1 unspecified atom stereocenters. The van der Waals surface area contributed by atoms with Gasteiger partial charge in [0, 0.05) is 5.56 Å². The molecule has 3 heteroatoms. The maximum atomic E-state index is 12.6. The van der Waals surface area contributed by atoms with Crippen LogP contribution < -0.4 is 9.64 Å². The first-order valence-corrected chi connectivity index (χ1v) is 6.38. The second kappa shape index (κ2) is 4.76. The molecule has 96 valence electrons. The Labute approximate surface area is 112 Å². The highest BCUT2D eigenvalue weighted by atomic mass is 16.5. The van der Waals surface area contributed by atoms with Gasteiger partial charge in [0.1, 0.15) is 12.4 Å². The zero-order valence-corrected chi connectivity index (χ0v) is 10.7. The minimum Gasteiger partial charge on any atom is -0.489 e. The van der Waals surface area contributed by atoms with Crippen molar-refractivity contribution < 1.29 is 9.53 Å². The topological polar surface area (TPSA) is 29.5 Å². The lowest BCUT2D eigenvalue weighted by atomic mass is 10.1. The number of para-hydroxylation sites is 2. The van der Waals surface area contributed by atoms with Crippen LogP contribution in [0.5, 0.6) is 5.75 Å². The van der Waals surface area contributed by atoms with Gasteiger partial charge in [-0.25, -0.2) is 0 Å². The van der Waals surface area contributed by atoms with E-state index in [1.165, 1.54) is 0 Å². The second-order valence-corrected chi connectivity index (χ2v) is 4.67. The molecule has 1 aliphatic heterocycles. The van der Waals surface area contributed by atoms with Crippen LogP contribution in [0, 0.1) is 0 Å². The molecule has 0 fully saturated rings. The third-order valence-electron chi connectivity index (χ3n) is 3.29. The highest BCUT2D eigenvalue weighted by Gasteiger charge is 2.29. The van der Waals surface area contributed by atoms with Crippen LogP contribution in [-0.2, 0) is 0 Å². The maximum Gasteiger partial charge on any atom is 0.258 e. The first-order valence-electron chi connectivity index (χ1n) is 6.38. The average molecular weight is 253 g/mol. The summed E-state index contributed by atoms with van der Waals surface area (Å²) in [4.78, 5) is 14.5. The Kier molecular flexibility index (Phi) is 2.95. The lowest BCUT2D eigenvalue weighted by Gasteiger charge is -2.35. The molecule has 0 N–H and O–H groups in total. The first-order chi connectivity index (χ1) is 9.27. The Morgan fingerprint density at radius 2 is 1.79 bits per heavy atom. The lowest BCUT2D eigenvalue weighted by molar-refractivity contribution is 0.0961. The summed E-state index contributed by atoms with van der Waals surface area (Å²) in [6, 6.07) is 17.0. The summed E-state index contributed by atoms with van der Waals surface area (Å²) in [6.45, 7) is 2.52. The van der Waals surface area contributed by atoms with E-state index in [-0.39, 0.29) is 11.9 Å². The molecule has 0 radical (unpaired) electrons. The standard InChI is InChI=1S/C16H15NO2/c1-12-11-19-15-10-6-5-9-14(15)17(12)16(18)13-7-3-2-4-8-13/h2-10,12H,11H2,1H3. The molecule has 2 aromatic carbocycles. The van der Waals surface area contributed by atoms with Crippen LogP contribution in [0.4, 0.5) is 5.69 Å². The van der Waals surface area contributed by atoms with E-state index in [9.17, 15) is 4.79 Å². The largest absolute Gasteiger partial charge is 0.489 e. The Morgan fingerprint density at radius 3 is 2.58 bits per heavy atom. The van der Waals surface area contributed by atoms with Gasteiger partial charge in [-0.05, 0) is 31.2 Å². The number of benzene rings is 2. The summed E-state index contributed by atoms with van der Waals surface area (Å²) in [5.41, 5.74) is 1.54. The van der Waals surface area contributed by atoms with E-state index in [1.54, 1.807) is 0 Å². The number of anilines is 1. The lowest BCUT2D eigenvalue weighted by Crippen LogP contribution is -2.45. The normalized spacial score (nSPS) is 17.5. The van der Waals surface area contributed by atoms with E-state index in [0.29, 0.717) is 12.2 Å². The Hall–Kier alpha value is -2.29. The molecule has 0 saturated heterocycles. The molecule has 3 rings (SSSR count). The van der Waals surface area contributed by atoms with Crippen LogP contribution in [-0.4, -0.2) is 18.6 Å². The zero-order valence-electron chi connectivity index (χ0n) is 10.7. The van der Waals surface area contributed by atoms with E-state index in [2.05, 4.69) is 0 Å². The number of ether oxygens (including phenoxy) is 1. The van der Waals surface area contributed by atoms with Crippen molar-refractivity contribution in [1.82, 2.24) is 0 Å². The van der Waals surface area contributed by atoms with Crippen LogP contribution in [0.25, 0.3) is 0 Å². The highest BCUT2D eigenvalue weighted by Crippen LogP contribution is 2.34. The van der Waals surface area contributed by atoms with Gasteiger partial charge in [0.2, 0.25) is 0 Å². The number of carbonyl (C=O) groups excluding carboxylic acids is 1. The summed E-state index contributed by atoms with van der Waals surface area (Å²) >= 11 is 0. The smallest absolute Gasteiger partial charge is 0.258 e. The molecular weight excluding hydrogens is 238 g/mol. The molecule has 0 bridgehead atoms. The molecule has 3 nitrogen and oxygen atoms in total. The van der Waals surface area contributed by atoms with Gasteiger partial charge in [0.25, 0.3) is 5.91 Å². The van der Waals surface area contributed by atoms with Crippen molar-refractivity contribution >= 4 is 11.6 Å². The van der Waals surface area contributed by atoms with E-state index in [0.717, 1.165) is 11.4 Å². The van der Waals surface area contributed by atoms with Crippen molar-refractivity contribution in [2.45, 2.75) is 13.0 Å². The van der Waals surface area contributed by atoms with Crippen LogP contribution >= 0.6 is 0 Å². The molecule has 1 atom stereocenters. The van der Waals surface area contributed by atoms with Gasteiger partial charge in [-0.15, -0.1) is 0 Å². The molecule has 19 heavy (non-hydrogen) atoms. The maximum absolute atomic E-state index is 12.6. The van der Waals surface area contributed by atoms with Crippen molar-refractivity contribution in [1.29, 1.82) is 0 Å². The third-order valence-corrected chi connectivity index (χ3v) is 3.29. The first kappa shape index (κ1) is 11.8. The Bertz CT molecular complexity index is 595. The van der Waals surface area contributed by atoms with Gasteiger partial charge in [-0.3, -0.25) is 9.69 Å². The van der Waals surface area contributed by atoms with Crippen molar-refractivity contribution in [3.63, 3.8) is 0 Å². The Morgan fingerprint density at radius 1 is 1.11 bits per heavy atom. The number of hydrogen-bond acceptors (Lipinski definition) is 2. The SMILES string of the molecule is CC1COc2ccccc2N1C(=O)c1ccccc1. The highest BCUT2D eigenvalue weighted by molar-refractivity contribution is 6.07. The van der Waals surface area contributed by atoms with Crippen molar-refractivity contribution in [2.75, 3.05) is 11.5 Å². The van der Waals surface area contributed by atoms with Gasteiger partial charge >= 0.3 is 0 Å². The van der Waals surface area contributed by atoms with Crippen LogP contribution in [0.3, 0.4) is 0 Å². The van der Waals surface area contributed by atoms with Crippen LogP contribution in [0.15, 0.2) is 54.6 Å². The van der Waals surface area contributed by atoms with Gasteiger partial charge in [-0.2, -0.15) is 0 Å². The van der Waals surface area contributed by atoms with Crippen LogP contribution in [0.2, 0.25) is 0 Å². The molecule has 0 saturated carbocycles. The number of amides is 1. The van der Waals surface area contributed by atoms with Gasteiger partial charge < -0.3 is 4.74 Å². The molecule has 0 aliphatic carbocycles. The van der Waals surface area contributed by atoms with Gasteiger partial charge in [0.15, 0.2) is 0 Å². The van der Waals surface area contributed by atoms with E-state index < -0.39 is 0 Å². The fourth-order valence-electron chi connectivity index (χ4n) is 2.33. The zero-order chi connectivity index (χ0) is 13.2. The molecular formula is C16H15NO2. The summed E-state index contributed by atoms with van der Waals surface area (Å²) in [5, 5.41) is 0. The number of fused-ring (bicyclic) bond motifs is 1. The fraction of sp³-hybridized carbons (Fsp3) is 0.188. The van der Waals surface area contributed by atoms with Crippen molar-refractivity contribution in [2.24, 2.45) is 0 Å². The molecule has 0 spiro atoms.